The lowest BCUT2D eigenvalue weighted by Crippen LogP contribution is -2.35. The van der Waals surface area contributed by atoms with E-state index in [4.69, 9.17) is 25.8 Å². The molecule has 2 heterocycles. The van der Waals surface area contributed by atoms with Gasteiger partial charge in [-0.15, -0.1) is 0 Å². The number of carboxylic acids is 1. The van der Waals surface area contributed by atoms with Gasteiger partial charge in [0, 0.05) is 24.4 Å². The molecule has 0 saturated carbocycles. The molecular weight excluding hydrogens is 546 g/mol. The summed E-state index contributed by atoms with van der Waals surface area (Å²) in [6.45, 7) is 0.659. The third kappa shape index (κ3) is 9.94. The summed E-state index contributed by atoms with van der Waals surface area (Å²) in [5, 5.41) is 13.2. The van der Waals surface area contributed by atoms with E-state index in [2.05, 4.69) is 21.2 Å². The van der Waals surface area contributed by atoms with Crippen LogP contribution >= 0.6 is 0 Å². The highest BCUT2D eigenvalue weighted by Crippen LogP contribution is 2.32. The minimum absolute atomic E-state index is 0.134. The van der Waals surface area contributed by atoms with Crippen molar-refractivity contribution in [3.05, 3.63) is 30.1 Å². The fraction of sp³-hybridized carbons (Fsp3) is 0.476. The van der Waals surface area contributed by atoms with Crippen LogP contribution in [0.15, 0.2) is 24.3 Å². The number of nitrogens with one attached hydrogen (secondary N) is 1. The van der Waals surface area contributed by atoms with E-state index in [0.717, 1.165) is 41.5 Å². The molecular formula is C21H28F6N6O4S. The molecule has 17 heteroatoms. The number of hydrogen-bond acceptors (Lipinski definition) is 6. The van der Waals surface area contributed by atoms with Crippen LogP contribution in [0.2, 0.25) is 0 Å². The highest BCUT2D eigenvalue weighted by molar-refractivity contribution is 7.87. The predicted octanol–water partition coefficient (Wildman–Crippen LogP) is 4.07. The van der Waals surface area contributed by atoms with Crippen LogP contribution in [0.4, 0.5) is 32.2 Å². The van der Waals surface area contributed by atoms with E-state index in [0.29, 0.717) is 17.8 Å². The number of carboxylic acid groups (broad SMARTS) is 1. The van der Waals surface area contributed by atoms with Gasteiger partial charge in [0.1, 0.15) is 11.3 Å². The van der Waals surface area contributed by atoms with Crippen LogP contribution in [0.5, 0.6) is 0 Å². The number of para-hydroxylation sites is 1. The fourth-order valence-electron chi connectivity index (χ4n) is 3.40. The van der Waals surface area contributed by atoms with Crippen LogP contribution in [0, 0.1) is 0 Å². The number of pyridine rings is 1. The minimum Gasteiger partial charge on any atom is -0.475 e. The monoisotopic (exact) mass is 574 g/mol. The van der Waals surface area contributed by atoms with E-state index in [1.807, 2.05) is 31.2 Å². The smallest absolute Gasteiger partial charge is 0.475 e. The number of unbranched alkanes of at least 4 members (excludes halogenated alkanes) is 1. The lowest BCUT2D eigenvalue weighted by atomic mass is 10.1. The zero-order valence-electron chi connectivity index (χ0n) is 20.3. The lowest BCUT2D eigenvalue weighted by molar-refractivity contribution is -0.192. The van der Waals surface area contributed by atoms with Crippen LogP contribution in [0.3, 0.4) is 0 Å². The summed E-state index contributed by atoms with van der Waals surface area (Å²) in [4.78, 5) is 18.2. The molecule has 38 heavy (non-hydrogen) atoms. The molecule has 0 spiro atoms. The summed E-state index contributed by atoms with van der Waals surface area (Å²) < 4.78 is 88.1. The molecule has 3 aromatic rings. The minimum atomic E-state index is -5.08. The standard InChI is InChI=1S/C18H26N6O2S.C2HF3O2.CHF3/c1-3-5-10-15-23-16-17(13-8-6-7-9-14(13)22-18(16)19)24(15)12(4-2)11-21-27(20,25)26;3-2(4,5)1(6)7;2-1(3)4/h6-9,12,21H,3-5,10-11H2,1-2H3,(H2,19,22)(H2,20,25,26);(H,6,7);1H. The Bertz CT molecular complexity index is 1310. The Kier molecular flexibility index (Phi) is 12.2. The molecule has 1 unspecified atom stereocenters. The quantitative estimate of drug-likeness (QED) is 0.294. The van der Waals surface area contributed by atoms with Gasteiger partial charge >= 0.3 is 18.8 Å². The second kappa shape index (κ2) is 14.1. The summed E-state index contributed by atoms with van der Waals surface area (Å²) in [7, 11) is -3.77. The average molecular weight is 575 g/mol. The second-order valence-corrected chi connectivity index (χ2v) is 9.10. The Labute approximate surface area is 214 Å². The van der Waals surface area contributed by atoms with Crippen molar-refractivity contribution < 1.29 is 44.7 Å². The summed E-state index contributed by atoms with van der Waals surface area (Å²) in [5.41, 5.74) is 8.55. The number of aliphatic carboxylic acids is 1. The van der Waals surface area contributed by atoms with Crippen LogP contribution in [0.25, 0.3) is 21.9 Å². The zero-order valence-corrected chi connectivity index (χ0v) is 21.2. The molecule has 0 bridgehead atoms. The normalized spacial score (nSPS) is 12.6. The molecule has 0 amide bonds. The second-order valence-electron chi connectivity index (χ2n) is 7.72. The van der Waals surface area contributed by atoms with Crippen molar-refractivity contribution in [3.8, 4) is 0 Å². The van der Waals surface area contributed by atoms with Gasteiger partial charge in [-0.1, -0.05) is 38.5 Å². The lowest BCUT2D eigenvalue weighted by Gasteiger charge is -2.21. The van der Waals surface area contributed by atoms with E-state index in [1.165, 1.54) is 0 Å². The maximum atomic E-state index is 11.4. The topological polar surface area (TPSA) is 166 Å². The molecule has 0 radical (unpaired) electrons. The molecule has 2 aromatic heterocycles. The van der Waals surface area contributed by atoms with Gasteiger partial charge in [-0.25, -0.2) is 24.6 Å². The summed E-state index contributed by atoms with van der Waals surface area (Å²) in [5.74, 6) is -1.48. The molecule has 3 rings (SSSR count). The van der Waals surface area contributed by atoms with Crippen molar-refractivity contribution in [2.24, 2.45) is 5.14 Å². The Morgan fingerprint density at radius 3 is 2.18 bits per heavy atom. The summed E-state index contributed by atoms with van der Waals surface area (Å²) in [6, 6.07) is 7.64. The SMILES string of the molecule is CCCCc1nc2c(N)nc3ccccc3c2n1C(CC)CNS(N)(=O)=O.FC(F)F.O=C(O)C(F)(F)F. The number of fused-ring (bicyclic) bond motifs is 3. The summed E-state index contributed by atoms with van der Waals surface area (Å²) >= 11 is 0. The Morgan fingerprint density at radius 1 is 1.16 bits per heavy atom. The van der Waals surface area contributed by atoms with E-state index in [-0.39, 0.29) is 12.6 Å². The molecule has 0 saturated heterocycles. The number of imidazole rings is 1. The first-order valence-electron chi connectivity index (χ1n) is 11.1. The van der Waals surface area contributed by atoms with Crippen molar-refractivity contribution in [1.29, 1.82) is 0 Å². The number of nitrogens with two attached hydrogens (primary N) is 2. The van der Waals surface area contributed by atoms with Crippen molar-refractivity contribution >= 4 is 43.9 Å². The average Bonchev–Trinajstić information content (AvgIpc) is 3.17. The van der Waals surface area contributed by atoms with E-state index in [1.54, 1.807) is 0 Å². The molecule has 6 N–H and O–H groups in total. The number of hydrogen-bond donors (Lipinski definition) is 4. The molecule has 1 aromatic carbocycles. The first-order valence-corrected chi connectivity index (χ1v) is 12.6. The highest BCUT2D eigenvalue weighted by Gasteiger charge is 2.38. The van der Waals surface area contributed by atoms with Gasteiger partial charge in [0.25, 0.3) is 10.2 Å². The zero-order chi connectivity index (χ0) is 29.3. The third-order valence-electron chi connectivity index (χ3n) is 4.98. The molecule has 0 aliphatic carbocycles. The Morgan fingerprint density at radius 2 is 1.71 bits per heavy atom. The molecule has 10 nitrogen and oxygen atoms in total. The molecule has 1 atom stereocenters. The highest BCUT2D eigenvalue weighted by atomic mass is 32.2. The molecule has 214 valence electrons. The van der Waals surface area contributed by atoms with Gasteiger partial charge in [-0.05, 0) is 18.9 Å². The Balaban J connectivity index is 0.000000554. The first kappa shape index (κ1) is 32.8. The number of rotatable bonds is 8. The van der Waals surface area contributed by atoms with Crippen molar-refractivity contribution in [1.82, 2.24) is 19.3 Å². The van der Waals surface area contributed by atoms with Crippen LogP contribution in [-0.4, -0.2) is 53.4 Å². The number of nitrogens with zero attached hydrogens (tertiary/aromatic N) is 3. The largest absolute Gasteiger partial charge is 0.490 e. The maximum absolute atomic E-state index is 11.4. The number of benzene rings is 1. The fourth-order valence-corrected chi connectivity index (χ4v) is 3.83. The molecule has 0 aliphatic heterocycles. The summed E-state index contributed by atoms with van der Waals surface area (Å²) in [6.07, 6.45) is -1.58. The number of aromatic nitrogens is 3. The van der Waals surface area contributed by atoms with Crippen LogP contribution in [-0.2, 0) is 21.4 Å². The number of anilines is 1. The van der Waals surface area contributed by atoms with E-state index < -0.39 is 29.0 Å². The maximum Gasteiger partial charge on any atom is 0.490 e. The van der Waals surface area contributed by atoms with Crippen molar-refractivity contribution in [2.75, 3.05) is 12.3 Å². The van der Waals surface area contributed by atoms with Crippen LogP contribution < -0.4 is 15.6 Å². The Hall–Kier alpha value is -3.18. The van der Waals surface area contributed by atoms with Gasteiger partial charge in [0.05, 0.1) is 11.0 Å². The predicted molar refractivity (Wildman–Crippen MR) is 129 cm³/mol. The van der Waals surface area contributed by atoms with Gasteiger partial charge in [-0.2, -0.15) is 34.8 Å². The van der Waals surface area contributed by atoms with Crippen LogP contribution in [0.1, 0.15) is 45.0 Å². The van der Waals surface area contributed by atoms with Crippen molar-refractivity contribution in [3.63, 3.8) is 0 Å². The third-order valence-corrected chi connectivity index (χ3v) is 5.55. The number of alkyl halides is 6. The van der Waals surface area contributed by atoms with Gasteiger partial charge in [0.15, 0.2) is 5.82 Å². The number of halogens is 6. The van der Waals surface area contributed by atoms with E-state index >= 15 is 0 Å². The number of aryl methyl sites for hydroxylation is 1. The van der Waals surface area contributed by atoms with Gasteiger partial charge in [-0.3, -0.25) is 0 Å². The van der Waals surface area contributed by atoms with Gasteiger partial charge < -0.3 is 15.4 Å². The number of nitrogen functional groups attached to an aromatic ring is 1. The first-order chi connectivity index (χ1) is 17.5. The van der Waals surface area contributed by atoms with E-state index in [9.17, 15) is 34.8 Å². The molecule has 0 fully saturated rings. The molecule has 0 aliphatic rings. The number of carbonyl (C=O) groups is 1. The van der Waals surface area contributed by atoms with Crippen molar-refractivity contribution in [2.45, 2.75) is 58.4 Å². The van der Waals surface area contributed by atoms with Gasteiger partial charge in [0.2, 0.25) is 0 Å².